The van der Waals surface area contributed by atoms with E-state index in [1.807, 2.05) is 20.8 Å². The second-order valence-electron chi connectivity index (χ2n) is 4.55. The van der Waals surface area contributed by atoms with Gasteiger partial charge in [0.25, 0.3) is 0 Å². The van der Waals surface area contributed by atoms with Crippen LogP contribution in [0.3, 0.4) is 0 Å². The molecule has 0 saturated carbocycles. The molecular formula is C15H22F2. The third kappa shape index (κ3) is 3.27. The van der Waals surface area contributed by atoms with Gasteiger partial charge in [-0.15, -0.1) is 0 Å². The average Bonchev–Trinajstić information content (AvgIpc) is 2.31. The van der Waals surface area contributed by atoms with Gasteiger partial charge < -0.3 is 0 Å². The van der Waals surface area contributed by atoms with Crippen LogP contribution in [-0.2, 0) is 19.3 Å². The smallest absolute Gasteiger partial charge is 0.132 e. The molecule has 0 radical (unpaired) electrons. The fourth-order valence-electron chi connectivity index (χ4n) is 2.19. The number of benzene rings is 1. The molecule has 1 aromatic carbocycles. The van der Waals surface area contributed by atoms with Crippen LogP contribution in [0.5, 0.6) is 0 Å². The van der Waals surface area contributed by atoms with Crippen molar-refractivity contribution in [1.82, 2.24) is 0 Å². The third-order valence-electron chi connectivity index (χ3n) is 2.98. The molecule has 0 aliphatic carbocycles. The molecule has 96 valence electrons. The summed E-state index contributed by atoms with van der Waals surface area (Å²) in [4.78, 5) is 0. The first-order valence-electron chi connectivity index (χ1n) is 6.64. The lowest BCUT2D eigenvalue weighted by Crippen LogP contribution is -2.05. The second kappa shape index (κ2) is 6.73. The topological polar surface area (TPSA) is 0 Å². The maximum Gasteiger partial charge on any atom is 0.132 e. The molecule has 0 spiro atoms. The molecule has 0 unspecified atom stereocenters. The molecule has 2 heteroatoms. The van der Waals surface area contributed by atoms with Crippen molar-refractivity contribution < 1.29 is 8.78 Å². The Kier molecular flexibility index (Phi) is 5.60. The first-order chi connectivity index (χ1) is 8.15. The molecule has 0 bridgehead atoms. The van der Waals surface area contributed by atoms with Gasteiger partial charge in [0, 0.05) is 5.56 Å². The van der Waals surface area contributed by atoms with E-state index in [-0.39, 0.29) is 11.6 Å². The minimum atomic E-state index is -0.314. The van der Waals surface area contributed by atoms with E-state index in [1.165, 1.54) is 0 Å². The van der Waals surface area contributed by atoms with Gasteiger partial charge in [-0.3, -0.25) is 0 Å². The largest absolute Gasteiger partial charge is 0.206 e. The molecule has 0 amide bonds. The van der Waals surface area contributed by atoms with Gasteiger partial charge in [0.1, 0.15) is 11.6 Å². The van der Waals surface area contributed by atoms with E-state index in [0.717, 1.165) is 19.3 Å². The molecule has 0 N–H and O–H groups in total. The van der Waals surface area contributed by atoms with Crippen LogP contribution >= 0.6 is 0 Å². The Morgan fingerprint density at radius 3 is 1.53 bits per heavy atom. The summed E-state index contributed by atoms with van der Waals surface area (Å²) in [5.74, 6) is -0.628. The van der Waals surface area contributed by atoms with Gasteiger partial charge in [-0.05, 0) is 36.5 Å². The SMILES string of the molecule is CCCc1cc(CCC)c(F)c(CCC)c1F. The number of halogens is 2. The van der Waals surface area contributed by atoms with Gasteiger partial charge in [-0.25, -0.2) is 8.78 Å². The lowest BCUT2D eigenvalue weighted by molar-refractivity contribution is 0.531. The van der Waals surface area contributed by atoms with Gasteiger partial charge in [-0.1, -0.05) is 40.0 Å². The first kappa shape index (κ1) is 14.1. The van der Waals surface area contributed by atoms with Crippen LogP contribution in [-0.4, -0.2) is 0 Å². The highest BCUT2D eigenvalue weighted by molar-refractivity contribution is 5.34. The molecule has 0 saturated heterocycles. The molecule has 0 heterocycles. The number of hydrogen-bond donors (Lipinski definition) is 0. The Morgan fingerprint density at radius 1 is 0.765 bits per heavy atom. The highest BCUT2D eigenvalue weighted by atomic mass is 19.1. The van der Waals surface area contributed by atoms with Crippen molar-refractivity contribution in [1.29, 1.82) is 0 Å². The zero-order valence-electron chi connectivity index (χ0n) is 11.1. The molecule has 1 rings (SSSR count). The van der Waals surface area contributed by atoms with Crippen molar-refractivity contribution in [3.8, 4) is 0 Å². The zero-order valence-corrected chi connectivity index (χ0v) is 11.1. The summed E-state index contributed by atoms with van der Waals surface area (Å²) in [7, 11) is 0. The Hall–Kier alpha value is -0.920. The Morgan fingerprint density at radius 2 is 1.18 bits per heavy atom. The Labute approximate surface area is 103 Å². The van der Waals surface area contributed by atoms with E-state index < -0.39 is 0 Å². The average molecular weight is 240 g/mol. The number of aryl methyl sites for hydroxylation is 2. The summed E-state index contributed by atoms with van der Waals surface area (Å²) < 4.78 is 28.2. The molecule has 0 nitrogen and oxygen atoms in total. The van der Waals surface area contributed by atoms with Crippen molar-refractivity contribution in [2.75, 3.05) is 0 Å². The molecular weight excluding hydrogens is 218 g/mol. The zero-order chi connectivity index (χ0) is 12.8. The summed E-state index contributed by atoms with van der Waals surface area (Å²) in [6.07, 6.45) is 4.43. The van der Waals surface area contributed by atoms with Crippen LogP contribution in [0.15, 0.2) is 6.07 Å². The van der Waals surface area contributed by atoms with Crippen molar-refractivity contribution in [2.24, 2.45) is 0 Å². The van der Waals surface area contributed by atoms with Crippen molar-refractivity contribution in [3.63, 3.8) is 0 Å². The van der Waals surface area contributed by atoms with Crippen molar-refractivity contribution in [2.45, 2.75) is 59.3 Å². The van der Waals surface area contributed by atoms with Crippen LogP contribution in [0.1, 0.15) is 56.7 Å². The second-order valence-corrected chi connectivity index (χ2v) is 4.55. The molecule has 0 aromatic heterocycles. The maximum absolute atomic E-state index is 14.1. The summed E-state index contributed by atoms with van der Waals surface area (Å²) in [6, 6.07) is 1.72. The molecule has 0 fully saturated rings. The Bertz CT molecular complexity index is 339. The fourth-order valence-corrected chi connectivity index (χ4v) is 2.19. The predicted octanol–water partition coefficient (Wildman–Crippen LogP) is 4.82. The summed E-state index contributed by atoms with van der Waals surface area (Å²) in [5, 5.41) is 0. The van der Waals surface area contributed by atoms with E-state index in [0.29, 0.717) is 36.0 Å². The minimum Gasteiger partial charge on any atom is -0.206 e. The van der Waals surface area contributed by atoms with E-state index in [9.17, 15) is 8.78 Å². The lowest BCUT2D eigenvalue weighted by Gasteiger charge is -2.13. The summed E-state index contributed by atoms with van der Waals surface area (Å²) in [6.45, 7) is 5.98. The summed E-state index contributed by atoms with van der Waals surface area (Å²) >= 11 is 0. The Balaban J connectivity index is 3.24. The van der Waals surface area contributed by atoms with Gasteiger partial charge >= 0.3 is 0 Å². The van der Waals surface area contributed by atoms with E-state index >= 15 is 0 Å². The molecule has 0 aliphatic rings. The molecule has 1 aromatic rings. The van der Waals surface area contributed by atoms with Gasteiger partial charge in [0.2, 0.25) is 0 Å². The van der Waals surface area contributed by atoms with Crippen LogP contribution < -0.4 is 0 Å². The third-order valence-corrected chi connectivity index (χ3v) is 2.98. The standard InChI is InChI=1S/C15H22F2/c1-4-7-11-10-12(8-5-2)15(17)13(9-6-3)14(11)16/h10H,4-9H2,1-3H3. The highest BCUT2D eigenvalue weighted by Crippen LogP contribution is 2.24. The monoisotopic (exact) mass is 240 g/mol. The van der Waals surface area contributed by atoms with Crippen LogP contribution in [0, 0.1) is 11.6 Å². The first-order valence-corrected chi connectivity index (χ1v) is 6.64. The van der Waals surface area contributed by atoms with Crippen molar-refractivity contribution >= 4 is 0 Å². The van der Waals surface area contributed by atoms with Crippen LogP contribution in [0.2, 0.25) is 0 Å². The van der Waals surface area contributed by atoms with E-state index in [1.54, 1.807) is 6.07 Å². The van der Waals surface area contributed by atoms with E-state index in [2.05, 4.69) is 0 Å². The molecule has 17 heavy (non-hydrogen) atoms. The van der Waals surface area contributed by atoms with Gasteiger partial charge in [-0.2, -0.15) is 0 Å². The maximum atomic E-state index is 14.1. The van der Waals surface area contributed by atoms with E-state index in [4.69, 9.17) is 0 Å². The summed E-state index contributed by atoms with van der Waals surface area (Å²) in [5.41, 5.74) is 1.66. The lowest BCUT2D eigenvalue weighted by atomic mass is 9.96. The highest BCUT2D eigenvalue weighted by Gasteiger charge is 2.16. The number of rotatable bonds is 6. The van der Waals surface area contributed by atoms with Crippen LogP contribution in [0.25, 0.3) is 0 Å². The molecule has 0 atom stereocenters. The van der Waals surface area contributed by atoms with Crippen molar-refractivity contribution in [3.05, 3.63) is 34.4 Å². The van der Waals surface area contributed by atoms with Gasteiger partial charge in [0.05, 0.1) is 0 Å². The normalized spacial score (nSPS) is 10.9. The number of hydrogen-bond acceptors (Lipinski definition) is 0. The predicted molar refractivity (Wildman–Crippen MR) is 68.3 cm³/mol. The van der Waals surface area contributed by atoms with Crippen LogP contribution in [0.4, 0.5) is 8.78 Å². The molecule has 0 aliphatic heterocycles. The van der Waals surface area contributed by atoms with Gasteiger partial charge in [0.15, 0.2) is 0 Å². The quantitative estimate of drug-likeness (QED) is 0.668. The minimum absolute atomic E-state index is 0.293. The fraction of sp³-hybridized carbons (Fsp3) is 0.600.